The quantitative estimate of drug-likeness (QED) is 0.0128. The van der Waals surface area contributed by atoms with Crippen LogP contribution < -0.4 is 0 Å². The van der Waals surface area contributed by atoms with Crippen LogP contribution in [0.15, 0.2) is 122 Å². The molecule has 3 N–H and O–H groups in total. The standard InChI is InChI=1S/C83H142O17P2/c1-5-9-13-17-21-25-29-33-36-38-41-44-48-52-56-60-64-68-81(86)94-74-79(100-83(88)70-66-62-58-54-50-46-42-39-37-34-30-26-22-18-14-10-6-2)76-98-102(91,92)96-72-77(84)71-95-101(89,90)97-75-78(73-93-80(85)67-63-59-55-51-47-43-32-28-24-20-16-12-8-4)99-82(87)69-65-61-57-53-49-45-40-35-31-27-23-19-15-11-7-3/h21-22,25-27,31,33-37,40-42,44,46,52,54,56,58,77-79,84H,5-20,23-24,28-30,32,38-39,43,45,47-51,53,55,57,59-76H2,1-4H3,(H,89,90)(H,91,92)/b25-21-,26-22-,31-27-,36-33-,37-34-,40-35-,44-41-,46-42-,56-52-,58-54-/t77-,78+,79+/m0/s1. The van der Waals surface area contributed by atoms with Gasteiger partial charge in [0.05, 0.1) is 26.4 Å². The SMILES string of the molecule is CCCCC/C=C\C/C=C\C/C=C\C/C=C\CCCC(=O)OC[C@H](COP(=O)(O)OC[C@@H](O)COP(=O)(O)OC[C@@H](COC(=O)CCCCCCCCCCCCCCC)OC(=O)CCCCCCC/C=C\C=C/CCCCCC)OC(=O)CCC/C=C\C/C=C\C/C=C\C/C=C\CCCCC. The lowest BCUT2D eigenvalue weighted by Crippen LogP contribution is -2.30. The van der Waals surface area contributed by atoms with Crippen LogP contribution in [0.5, 0.6) is 0 Å². The number of carbonyl (C=O) groups is 4. The molecule has 0 fully saturated rings. The number of esters is 4. The van der Waals surface area contributed by atoms with Gasteiger partial charge in [-0.3, -0.25) is 37.3 Å². The highest BCUT2D eigenvalue weighted by molar-refractivity contribution is 7.47. The smallest absolute Gasteiger partial charge is 0.462 e. The number of rotatable bonds is 74. The number of carbonyl (C=O) groups excluding carboxylic acids is 4. The molecule has 0 aromatic rings. The van der Waals surface area contributed by atoms with E-state index >= 15 is 0 Å². The summed E-state index contributed by atoms with van der Waals surface area (Å²) >= 11 is 0. The molecule has 0 aromatic carbocycles. The van der Waals surface area contributed by atoms with Crippen molar-refractivity contribution in [1.29, 1.82) is 0 Å². The molecular weight excluding hydrogens is 1330 g/mol. The first-order valence-corrected chi connectivity index (χ1v) is 42.8. The van der Waals surface area contributed by atoms with Crippen molar-refractivity contribution < 1.29 is 80.2 Å². The molecule has 2 unspecified atom stereocenters. The third-order valence-electron chi connectivity index (χ3n) is 16.4. The number of phosphoric ester groups is 2. The Labute approximate surface area is 619 Å². The van der Waals surface area contributed by atoms with E-state index in [9.17, 15) is 43.2 Å². The van der Waals surface area contributed by atoms with Crippen molar-refractivity contribution in [3.05, 3.63) is 122 Å². The van der Waals surface area contributed by atoms with Crippen LogP contribution >= 0.6 is 15.6 Å². The summed E-state index contributed by atoms with van der Waals surface area (Å²) in [4.78, 5) is 72.9. The first-order valence-electron chi connectivity index (χ1n) is 39.8. The lowest BCUT2D eigenvalue weighted by Gasteiger charge is -2.21. The highest BCUT2D eigenvalue weighted by Gasteiger charge is 2.30. The van der Waals surface area contributed by atoms with E-state index in [-0.39, 0.29) is 25.7 Å². The third kappa shape index (κ3) is 73.8. The van der Waals surface area contributed by atoms with Crippen LogP contribution in [0, 0.1) is 0 Å². The summed E-state index contributed by atoms with van der Waals surface area (Å²) < 4.78 is 68.4. The van der Waals surface area contributed by atoms with E-state index in [4.69, 9.17) is 37.0 Å². The van der Waals surface area contributed by atoms with Crippen molar-refractivity contribution in [3.63, 3.8) is 0 Å². The van der Waals surface area contributed by atoms with E-state index in [2.05, 4.69) is 125 Å². The van der Waals surface area contributed by atoms with Crippen molar-refractivity contribution in [1.82, 2.24) is 0 Å². The summed E-state index contributed by atoms with van der Waals surface area (Å²) in [5, 5.41) is 10.6. The predicted octanol–water partition coefficient (Wildman–Crippen LogP) is 23.1. The summed E-state index contributed by atoms with van der Waals surface area (Å²) in [6.07, 6.45) is 81.9. The van der Waals surface area contributed by atoms with Gasteiger partial charge in [-0.25, -0.2) is 9.13 Å². The molecule has 0 saturated carbocycles. The first-order chi connectivity index (χ1) is 49.7. The molecule has 0 bridgehead atoms. The molecule has 0 spiro atoms. The minimum Gasteiger partial charge on any atom is -0.462 e. The summed E-state index contributed by atoms with van der Waals surface area (Å²) in [6.45, 7) is 4.67. The predicted molar refractivity (Wildman–Crippen MR) is 418 cm³/mol. The fourth-order valence-corrected chi connectivity index (χ4v) is 11.9. The number of phosphoric acid groups is 2. The molecule has 0 radical (unpaired) electrons. The lowest BCUT2D eigenvalue weighted by atomic mass is 10.0. The average Bonchev–Trinajstić information content (AvgIpc) is 0.943. The van der Waals surface area contributed by atoms with Gasteiger partial charge in [0, 0.05) is 25.7 Å². The molecule has 0 aromatic heterocycles. The fraction of sp³-hybridized carbons (Fsp3) is 0.711. The zero-order valence-corrected chi connectivity index (χ0v) is 65.8. The molecule has 17 nitrogen and oxygen atoms in total. The van der Waals surface area contributed by atoms with Crippen LogP contribution in [0.2, 0.25) is 0 Å². The van der Waals surface area contributed by atoms with Crippen LogP contribution in [0.4, 0.5) is 0 Å². The van der Waals surface area contributed by atoms with Crippen molar-refractivity contribution in [2.24, 2.45) is 0 Å². The van der Waals surface area contributed by atoms with Gasteiger partial charge in [0.2, 0.25) is 0 Å². The number of hydrogen-bond acceptors (Lipinski definition) is 15. The van der Waals surface area contributed by atoms with Gasteiger partial charge in [-0.05, 0) is 128 Å². The van der Waals surface area contributed by atoms with E-state index in [1.54, 1.807) is 0 Å². The molecule has 0 saturated heterocycles. The fourth-order valence-electron chi connectivity index (χ4n) is 10.3. The Morgan fingerprint density at radius 3 is 0.873 bits per heavy atom. The molecule has 102 heavy (non-hydrogen) atoms. The molecule has 0 heterocycles. The van der Waals surface area contributed by atoms with E-state index < -0.39 is 97.5 Å². The van der Waals surface area contributed by atoms with E-state index in [0.29, 0.717) is 38.5 Å². The van der Waals surface area contributed by atoms with Gasteiger partial charge in [0.1, 0.15) is 19.3 Å². The van der Waals surface area contributed by atoms with Gasteiger partial charge < -0.3 is 33.8 Å². The van der Waals surface area contributed by atoms with Crippen LogP contribution in [0.3, 0.4) is 0 Å². The molecule has 5 atom stereocenters. The van der Waals surface area contributed by atoms with Crippen molar-refractivity contribution in [2.45, 2.75) is 341 Å². The number of ether oxygens (including phenoxy) is 4. The minimum absolute atomic E-state index is 0.00514. The summed E-state index contributed by atoms with van der Waals surface area (Å²) in [6, 6.07) is 0. The van der Waals surface area contributed by atoms with Crippen LogP contribution in [-0.4, -0.2) is 96.7 Å². The maximum absolute atomic E-state index is 13.1. The Morgan fingerprint density at radius 2 is 0.520 bits per heavy atom. The van der Waals surface area contributed by atoms with Gasteiger partial charge in [-0.1, -0.05) is 290 Å². The maximum Gasteiger partial charge on any atom is 0.472 e. The number of unbranched alkanes of at least 4 members (excludes halogenated alkanes) is 29. The third-order valence-corrected chi connectivity index (χ3v) is 18.3. The lowest BCUT2D eigenvalue weighted by molar-refractivity contribution is -0.161. The monoisotopic (exact) mass is 1470 g/mol. The number of hydrogen-bond donors (Lipinski definition) is 3. The van der Waals surface area contributed by atoms with Gasteiger partial charge in [0.15, 0.2) is 12.2 Å². The molecule has 0 rings (SSSR count). The minimum atomic E-state index is -5.01. The van der Waals surface area contributed by atoms with Crippen molar-refractivity contribution in [3.8, 4) is 0 Å². The molecular formula is C83H142O17P2. The van der Waals surface area contributed by atoms with Gasteiger partial charge in [-0.15, -0.1) is 0 Å². The maximum atomic E-state index is 13.1. The normalized spacial score (nSPS) is 14.5. The van der Waals surface area contributed by atoms with E-state index in [1.165, 1.54) is 122 Å². The topological polar surface area (TPSA) is 237 Å². The highest BCUT2D eigenvalue weighted by Crippen LogP contribution is 2.45. The highest BCUT2D eigenvalue weighted by atomic mass is 31.2. The Kier molecular flexibility index (Phi) is 71.4. The zero-order valence-electron chi connectivity index (χ0n) is 64.0. The molecule has 0 amide bonds. The summed E-state index contributed by atoms with van der Waals surface area (Å²) in [5.74, 6) is -2.32. The van der Waals surface area contributed by atoms with E-state index in [1.807, 2.05) is 24.3 Å². The van der Waals surface area contributed by atoms with Crippen LogP contribution in [-0.2, 0) is 65.4 Å². The van der Waals surface area contributed by atoms with E-state index in [0.717, 1.165) is 109 Å². The number of allylic oxidation sites excluding steroid dienone is 20. The zero-order chi connectivity index (χ0) is 74.6. The molecule has 0 aliphatic rings. The molecule has 586 valence electrons. The molecule has 19 heteroatoms. The second-order valence-corrected chi connectivity index (χ2v) is 29.2. The van der Waals surface area contributed by atoms with Gasteiger partial charge in [0.25, 0.3) is 0 Å². The van der Waals surface area contributed by atoms with Crippen molar-refractivity contribution >= 4 is 39.5 Å². The first kappa shape index (κ1) is 97.5. The summed E-state index contributed by atoms with van der Waals surface area (Å²) in [7, 11) is -9.99. The van der Waals surface area contributed by atoms with Gasteiger partial charge >= 0.3 is 39.5 Å². The number of aliphatic hydroxyl groups is 1. The molecule has 0 aliphatic heterocycles. The molecule has 0 aliphatic carbocycles. The number of aliphatic hydroxyl groups excluding tert-OH is 1. The van der Waals surface area contributed by atoms with Crippen LogP contribution in [0.1, 0.15) is 323 Å². The second kappa shape index (κ2) is 74.7. The summed E-state index contributed by atoms with van der Waals surface area (Å²) in [5.41, 5.74) is 0. The van der Waals surface area contributed by atoms with Crippen LogP contribution in [0.25, 0.3) is 0 Å². The van der Waals surface area contributed by atoms with Crippen molar-refractivity contribution in [2.75, 3.05) is 39.6 Å². The Balaban J connectivity index is 5.47. The average molecular weight is 1470 g/mol. The Hall–Kier alpha value is -4.54. The Morgan fingerprint density at radius 1 is 0.284 bits per heavy atom. The Bertz CT molecular complexity index is 2410. The second-order valence-electron chi connectivity index (χ2n) is 26.3. The van der Waals surface area contributed by atoms with Gasteiger partial charge in [-0.2, -0.15) is 0 Å². The largest absolute Gasteiger partial charge is 0.472 e.